The Morgan fingerprint density at radius 3 is 2.71 bits per heavy atom. The summed E-state index contributed by atoms with van der Waals surface area (Å²) in [6.07, 6.45) is -3.46. The number of halogens is 4. The molecule has 3 heterocycles. The van der Waals surface area contributed by atoms with Crippen LogP contribution in [-0.4, -0.2) is 27.2 Å². The number of ether oxygens (including phenoxy) is 2. The molecule has 4 aromatic rings. The van der Waals surface area contributed by atoms with Crippen molar-refractivity contribution in [3.63, 3.8) is 0 Å². The van der Waals surface area contributed by atoms with Crippen LogP contribution in [-0.2, 0) is 12.7 Å². The van der Waals surface area contributed by atoms with Gasteiger partial charge in [-0.15, -0.1) is 0 Å². The predicted octanol–water partition coefficient (Wildman–Crippen LogP) is 5.10. The standard InChI is InChI=1S/C22H15F4N3O2/c23-17-7-5-13(22(24,25)26)9-16(17)18-8-6-14(10-27-18)30-12-15-11-29-20-4-2-1-3-19(20)28-21(29)31-15/h1-10,15H,11-12H2/t15-/m0/s1. The largest absolute Gasteiger partial charge is 0.488 e. The van der Waals surface area contributed by atoms with Gasteiger partial charge in [0.15, 0.2) is 6.10 Å². The Kier molecular flexibility index (Phi) is 4.53. The summed E-state index contributed by atoms with van der Waals surface area (Å²) in [5.74, 6) is -0.385. The van der Waals surface area contributed by atoms with Gasteiger partial charge in [0.05, 0.1) is 35.0 Å². The number of nitrogens with zero attached hydrogens (tertiary/aromatic N) is 3. The summed E-state index contributed by atoms with van der Waals surface area (Å²) >= 11 is 0. The van der Waals surface area contributed by atoms with E-state index in [2.05, 4.69) is 9.97 Å². The normalized spacial score (nSPS) is 15.7. The van der Waals surface area contributed by atoms with Crippen LogP contribution < -0.4 is 9.47 Å². The first-order chi connectivity index (χ1) is 14.9. The molecule has 0 saturated heterocycles. The average Bonchev–Trinajstić information content (AvgIpc) is 3.30. The van der Waals surface area contributed by atoms with Crippen LogP contribution in [0.2, 0.25) is 0 Å². The summed E-state index contributed by atoms with van der Waals surface area (Å²) in [6, 6.07) is 13.4. The molecule has 1 aliphatic rings. The van der Waals surface area contributed by atoms with E-state index in [0.29, 0.717) is 24.4 Å². The SMILES string of the molecule is Fc1ccc(C(F)(F)F)cc1-c1ccc(OC[C@@H]2Cn3c(nc4ccccc43)O2)cn1. The molecule has 2 aromatic heterocycles. The van der Waals surface area contributed by atoms with E-state index in [0.717, 1.165) is 23.2 Å². The molecule has 1 atom stereocenters. The Bertz CT molecular complexity index is 1250. The lowest BCUT2D eigenvalue weighted by atomic mass is 10.1. The van der Waals surface area contributed by atoms with Gasteiger partial charge in [-0.2, -0.15) is 18.2 Å². The molecule has 5 nitrogen and oxygen atoms in total. The lowest BCUT2D eigenvalue weighted by molar-refractivity contribution is -0.137. The molecule has 0 aliphatic carbocycles. The second-order valence-corrected chi connectivity index (χ2v) is 7.12. The van der Waals surface area contributed by atoms with Crippen LogP contribution in [0.25, 0.3) is 22.3 Å². The minimum Gasteiger partial charge on any atom is -0.488 e. The van der Waals surface area contributed by atoms with Gasteiger partial charge in [-0.1, -0.05) is 12.1 Å². The van der Waals surface area contributed by atoms with E-state index < -0.39 is 17.6 Å². The summed E-state index contributed by atoms with van der Waals surface area (Å²) in [5.41, 5.74) is 0.763. The maximum absolute atomic E-state index is 14.0. The van der Waals surface area contributed by atoms with Crippen LogP contribution in [0.4, 0.5) is 17.6 Å². The number of aromatic nitrogens is 3. The summed E-state index contributed by atoms with van der Waals surface area (Å²) in [7, 11) is 0. The second-order valence-electron chi connectivity index (χ2n) is 7.12. The molecule has 0 radical (unpaired) electrons. The molecule has 0 spiro atoms. The van der Waals surface area contributed by atoms with Crippen molar-refractivity contribution in [3.05, 3.63) is 72.2 Å². The molecule has 0 amide bonds. The smallest absolute Gasteiger partial charge is 0.416 e. The lowest BCUT2D eigenvalue weighted by Gasteiger charge is -2.12. The highest BCUT2D eigenvalue weighted by atomic mass is 19.4. The molecule has 0 saturated carbocycles. The minimum atomic E-state index is -4.56. The van der Waals surface area contributed by atoms with Gasteiger partial charge in [0.25, 0.3) is 6.01 Å². The molecular weight excluding hydrogens is 414 g/mol. The van der Waals surface area contributed by atoms with Crippen molar-refractivity contribution in [2.75, 3.05) is 6.61 Å². The Labute approximate surface area is 173 Å². The van der Waals surface area contributed by atoms with Gasteiger partial charge in [-0.3, -0.25) is 9.55 Å². The summed E-state index contributed by atoms with van der Waals surface area (Å²) < 4.78 is 66.3. The van der Waals surface area contributed by atoms with Crippen molar-refractivity contribution >= 4 is 11.0 Å². The third-order valence-corrected chi connectivity index (χ3v) is 5.02. The van der Waals surface area contributed by atoms with Crippen molar-refractivity contribution < 1.29 is 27.0 Å². The van der Waals surface area contributed by atoms with E-state index >= 15 is 0 Å². The van der Waals surface area contributed by atoms with Crippen LogP contribution in [0.5, 0.6) is 11.8 Å². The summed E-state index contributed by atoms with van der Waals surface area (Å²) in [5, 5.41) is 0. The highest BCUT2D eigenvalue weighted by Crippen LogP contribution is 2.33. The van der Waals surface area contributed by atoms with Crippen LogP contribution in [0, 0.1) is 5.82 Å². The van der Waals surface area contributed by atoms with Crippen molar-refractivity contribution in [1.29, 1.82) is 0 Å². The van der Waals surface area contributed by atoms with Gasteiger partial charge < -0.3 is 9.47 Å². The first-order valence-corrected chi connectivity index (χ1v) is 9.46. The fourth-order valence-corrected chi connectivity index (χ4v) is 3.51. The lowest BCUT2D eigenvalue weighted by Crippen LogP contribution is -2.23. The van der Waals surface area contributed by atoms with Gasteiger partial charge >= 0.3 is 6.18 Å². The zero-order chi connectivity index (χ0) is 21.6. The molecule has 9 heteroatoms. The molecule has 0 fully saturated rings. The van der Waals surface area contributed by atoms with Gasteiger partial charge in [-0.25, -0.2) is 4.39 Å². The van der Waals surface area contributed by atoms with Crippen molar-refractivity contribution in [1.82, 2.24) is 14.5 Å². The second kappa shape index (κ2) is 7.26. The average molecular weight is 429 g/mol. The van der Waals surface area contributed by atoms with E-state index in [4.69, 9.17) is 9.47 Å². The number of imidazole rings is 1. The first kappa shape index (κ1) is 19.3. The quantitative estimate of drug-likeness (QED) is 0.424. The summed E-state index contributed by atoms with van der Waals surface area (Å²) in [6.45, 7) is 0.813. The molecular formula is C22H15F4N3O2. The zero-order valence-corrected chi connectivity index (χ0v) is 15.9. The van der Waals surface area contributed by atoms with Crippen molar-refractivity contribution in [2.24, 2.45) is 0 Å². The monoisotopic (exact) mass is 429 g/mol. The minimum absolute atomic E-state index is 0.0830. The van der Waals surface area contributed by atoms with E-state index in [1.807, 2.05) is 28.8 Å². The molecule has 31 heavy (non-hydrogen) atoms. The first-order valence-electron chi connectivity index (χ1n) is 9.46. The number of alkyl halides is 3. The van der Waals surface area contributed by atoms with Crippen molar-refractivity contribution in [3.8, 4) is 23.0 Å². The third kappa shape index (κ3) is 3.67. The molecule has 2 aromatic carbocycles. The third-order valence-electron chi connectivity index (χ3n) is 5.02. The van der Waals surface area contributed by atoms with E-state index in [9.17, 15) is 17.6 Å². The maximum Gasteiger partial charge on any atom is 0.416 e. The zero-order valence-electron chi connectivity index (χ0n) is 15.9. The van der Waals surface area contributed by atoms with E-state index in [1.54, 1.807) is 0 Å². The fraction of sp³-hybridized carbons (Fsp3) is 0.182. The van der Waals surface area contributed by atoms with Crippen LogP contribution >= 0.6 is 0 Å². The van der Waals surface area contributed by atoms with Crippen LogP contribution in [0.3, 0.4) is 0 Å². The number of rotatable bonds is 4. The van der Waals surface area contributed by atoms with Crippen molar-refractivity contribution in [2.45, 2.75) is 18.8 Å². The molecule has 5 rings (SSSR count). The van der Waals surface area contributed by atoms with Gasteiger partial charge in [0.1, 0.15) is 18.2 Å². The topological polar surface area (TPSA) is 49.2 Å². The number of hydrogen-bond donors (Lipinski definition) is 0. The number of hydrogen-bond acceptors (Lipinski definition) is 4. The fourth-order valence-electron chi connectivity index (χ4n) is 3.51. The maximum atomic E-state index is 14.0. The molecule has 0 bridgehead atoms. The molecule has 1 aliphatic heterocycles. The Hall–Kier alpha value is -3.62. The Morgan fingerprint density at radius 1 is 1.10 bits per heavy atom. The summed E-state index contributed by atoms with van der Waals surface area (Å²) in [4.78, 5) is 8.49. The van der Waals surface area contributed by atoms with Crippen LogP contribution in [0.1, 0.15) is 5.56 Å². The number of fused-ring (bicyclic) bond motifs is 3. The van der Waals surface area contributed by atoms with Gasteiger partial charge in [-0.05, 0) is 42.5 Å². The molecule has 0 unspecified atom stereocenters. The Morgan fingerprint density at radius 2 is 1.94 bits per heavy atom. The van der Waals surface area contributed by atoms with Gasteiger partial charge in [0, 0.05) is 5.56 Å². The predicted molar refractivity (Wildman–Crippen MR) is 104 cm³/mol. The van der Waals surface area contributed by atoms with E-state index in [-0.39, 0.29) is 24.0 Å². The number of pyridine rings is 1. The number of benzene rings is 2. The molecule has 0 N–H and O–H groups in total. The number of para-hydroxylation sites is 2. The van der Waals surface area contributed by atoms with Gasteiger partial charge in [0.2, 0.25) is 0 Å². The molecule has 158 valence electrons. The highest BCUT2D eigenvalue weighted by molar-refractivity contribution is 5.76. The van der Waals surface area contributed by atoms with Crippen LogP contribution in [0.15, 0.2) is 60.8 Å². The highest BCUT2D eigenvalue weighted by Gasteiger charge is 2.31. The van der Waals surface area contributed by atoms with E-state index in [1.165, 1.54) is 18.3 Å². The Balaban J connectivity index is 1.26.